The second-order valence-electron chi connectivity index (χ2n) is 5.02. The predicted octanol–water partition coefficient (Wildman–Crippen LogP) is 1.62. The third kappa shape index (κ3) is 4.75. The fraction of sp³-hybridized carbons (Fsp3) is 0.467. The molecule has 0 aliphatic carbocycles. The van der Waals surface area contributed by atoms with E-state index in [1.807, 2.05) is 0 Å². The Kier molecular flexibility index (Phi) is 5.57. The van der Waals surface area contributed by atoms with Crippen LogP contribution in [0, 0.1) is 0 Å². The van der Waals surface area contributed by atoms with E-state index in [9.17, 15) is 9.59 Å². The molecule has 1 amide bonds. The van der Waals surface area contributed by atoms with Crippen LogP contribution in [0.1, 0.15) is 25.7 Å². The number of anilines is 1. The smallest absolute Gasteiger partial charge is 0.341 e. The molecule has 1 fully saturated rings. The van der Waals surface area contributed by atoms with Gasteiger partial charge in [-0.3, -0.25) is 4.79 Å². The second kappa shape index (κ2) is 7.64. The van der Waals surface area contributed by atoms with Crippen LogP contribution < -0.4 is 15.4 Å². The van der Waals surface area contributed by atoms with Gasteiger partial charge in [-0.25, -0.2) is 4.79 Å². The summed E-state index contributed by atoms with van der Waals surface area (Å²) >= 11 is 0. The lowest BCUT2D eigenvalue weighted by atomic mass is 10.1. The predicted molar refractivity (Wildman–Crippen MR) is 78.5 cm³/mol. The summed E-state index contributed by atoms with van der Waals surface area (Å²) in [5.74, 6) is -0.799. The normalized spacial score (nSPS) is 18.6. The minimum atomic E-state index is -1.05. The van der Waals surface area contributed by atoms with Crippen LogP contribution in [0.2, 0.25) is 0 Å². The molecule has 2 rings (SSSR count). The molecule has 3 N–H and O–H groups in total. The summed E-state index contributed by atoms with van der Waals surface area (Å²) in [5.41, 5.74) is 0.495. The summed E-state index contributed by atoms with van der Waals surface area (Å²) in [6, 6.07) is 6.63. The van der Waals surface area contributed by atoms with Gasteiger partial charge in [-0.15, -0.1) is 0 Å². The van der Waals surface area contributed by atoms with Crippen molar-refractivity contribution in [1.82, 2.24) is 5.32 Å². The fourth-order valence-corrected chi connectivity index (χ4v) is 2.31. The minimum absolute atomic E-state index is 0.108. The van der Waals surface area contributed by atoms with Gasteiger partial charge in [-0.2, -0.15) is 0 Å². The molecule has 21 heavy (non-hydrogen) atoms. The highest BCUT2D eigenvalue weighted by Crippen LogP contribution is 2.24. The van der Waals surface area contributed by atoms with Crippen molar-refractivity contribution in [3.8, 4) is 5.75 Å². The van der Waals surface area contributed by atoms with E-state index < -0.39 is 12.6 Å². The maximum Gasteiger partial charge on any atom is 0.341 e. The molecule has 1 heterocycles. The largest absolute Gasteiger partial charge is 0.480 e. The molecule has 1 aliphatic rings. The first kappa shape index (κ1) is 15.3. The van der Waals surface area contributed by atoms with Crippen LogP contribution in [0.15, 0.2) is 24.3 Å². The van der Waals surface area contributed by atoms with E-state index in [1.165, 1.54) is 0 Å². The lowest BCUT2D eigenvalue weighted by Gasteiger charge is -2.17. The number of carbonyl (C=O) groups excluding carboxylic acids is 1. The Morgan fingerprint density at radius 1 is 1.29 bits per heavy atom. The molecule has 114 valence electrons. The molecule has 0 bridgehead atoms. The summed E-state index contributed by atoms with van der Waals surface area (Å²) in [6.45, 7) is 0.407. The molecule has 1 aliphatic heterocycles. The standard InChI is InChI=1S/C15H20N2O4/c18-14(19)10-21-13-8-4-3-6-11(13)17-15(20)12-7-2-1-5-9-16-12/h3-4,6,8,12,16H,1-2,5,7,9-10H2,(H,17,20)(H,18,19). The van der Waals surface area contributed by atoms with Crippen LogP contribution in [-0.2, 0) is 9.59 Å². The summed E-state index contributed by atoms with van der Waals surface area (Å²) in [4.78, 5) is 22.8. The molecule has 0 saturated carbocycles. The highest BCUT2D eigenvalue weighted by atomic mass is 16.5. The lowest BCUT2D eigenvalue weighted by Crippen LogP contribution is -2.39. The Bertz CT molecular complexity index is 496. The number of carboxylic acids is 1. The fourth-order valence-electron chi connectivity index (χ4n) is 2.31. The molecule has 0 radical (unpaired) electrons. The first-order valence-electron chi connectivity index (χ1n) is 7.14. The maximum absolute atomic E-state index is 12.3. The van der Waals surface area contributed by atoms with Crippen molar-refractivity contribution >= 4 is 17.6 Å². The minimum Gasteiger partial charge on any atom is -0.480 e. The lowest BCUT2D eigenvalue weighted by molar-refractivity contribution is -0.139. The Hall–Kier alpha value is -2.08. The maximum atomic E-state index is 12.3. The number of nitrogens with one attached hydrogen (secondary N) is 2. The molecule has 1 atom stereocenters. The van der Waals surface area contributed by atoms with Gasteiger partial charge < -0.3 is 20.5 Å². The van der Waals surface area contributed by atoms with Gasteiger partial charge in [-0.1, -0.05) is 25.0 Å². The van der Waals surface area contributed by atoms with Crippen LogP contribution in [0.4, 0.5) is 5.69 Å². The van der Waals surface area contributed by atoms with Crippen molar-refractivity contribution in [3.63, 3.8) is 0 Å². The van der Waals surface area contributed by atoms with E-state index in [1.54, 1.807) is 24.3 Å². The van der Waals surface area contributed by atoms with E-state index in [-0.39, 0.29) is 11.9 Å². The van der Waals surface area contributed by atoms with Crippen molar-refractivity contribution < 1.29 is 19.4 Å². The molecule has 1 aromatic carbocycles. The zero-order valence-corrected chi connectivity index (χ0v) is 11.8. The molecular weight excluding hydrogens is 272 g/mol. The summed E-state index contributed by atoms with van der Waals surface area (Å²) in [5, 5.41) is 14.7. The van der Waals surface area contributed by atoms with E-state index in [4.69, 9.17) is 9.84 Å². The van der Waals surface area contributed by atoms with E-state index in [2.05, 4.69) is 10.6 Å². The Morgan fingerprint density at radius 3 is 2.90 bits per heavy atom. The van der Waals surface area contributed by atoms with Gasteiger partial charge in [0.2, 0.25) is 5.91 Å². The summed E-state index contributed by atoms with van der Waals surface area (Å²) in [6.07, 6.45) is 4.06. The average Bonchev–Trinajstić information content (AvgIpc) is 2.75. The Balaban J connectivity index is 2.00. The van der Waals surface area contributed by atoms with E-state index >= 15 is 0 Å². The first-order chi connectivity index (χ1) is 10.2. The number of hydrogen-bond acceptors (Lipinski definition) is 4. The number of carbonyl (C=O) groups is 2. The zero-order valence-electron chi connectivity index (χ0n) is 11.8. The molecular formula is C15H20N2O4. The molecule has 0 aromatic heterocycles. The number of para-hydroxylation sites is 2. The van der Waals surface area contributed by atoms with Gasteiger partial charge in [0.25, 0.3) is 0 Å². The highest BCUT2D eigenvalue weighted by Gasteiger charge is 2.20. The number of rotatable bonds is 5. The monoisotopic (exact) mass is 292 g/mol. The first-order valence-corrected chi connectivity index (χ1v) is 7.14. The van der Waals surface area contributed by atoms with Gasteiger partial charge in [0.1, 0.15) is 5.75 Å². The summed E-state index contributed by atoms with van der Waals surface area (Å²) < 4.78 is 5.18. The Labute approximate surface area is 123 Å². The van der Waals surface area contributed by atoms with Gasteiger partial charge in [0.15, 0.2) is 6.61 Å². The second-order valence-corrected chi connectivity index (χ2v) is 5.02. The van der Waals surface area contributed by atoms with Gasteiger partial charge >= 0.3 is 5.97 Å². The molecule has 1 aromatic rings. The van der Waals surface area contributed by atoms with Gasteiger partial charge in [0, 0.05) is 0 Å². The molecule has 1 unspecified atom stereocenters. The van der Waals surface area contributed by atoms with Crippen LogP contribution in [0.3, 0.4) is 0 Å². The van der Waals surface area contributed by atoms with Gasteiger partial charge in [0.05, 0.1) is 11.7 Å². The zero-order chi connectivity index (χ0) is 15.1. The molecule has 0 spiro atoms. The van der Waals surface area contributed by atoms with Crippen molar-refractivity contribution in [2.75, 3.05) is 18.5 Å². The van der Waals surface area contributed by atoms with Crippen molar-refractivity contribution in [2.24, 2.45) is 0 Å². The van der Waals surface area contributed by atoms with Crippen LogP contribution >= 0.6 is 0 Å². The average molecular weight is 292 g/mol. The summed E-state index contributed by atoms with van der Waals surface area (Å²) in [7, 11) is 0. The third-order valence-electron chi connectivity index (χ3n) is 3.37. The molecule has 6 heteroatoms. The van der Waals surface area contributed by atoms with Crippen molar-refractivity contribution in [3.05, 3.63) is 24.3 Å². The quantitative estimate of drug-likeness (QED) is 0.767. The Morgan fingerprint density at radius 2 is 2.10 bits per heavy atom. The number of hydrogen-bond donors (Lipinski definition) is 3. The van der Waals surface area contributed by atoms with Crippen LogP contribution in [0.25, 0.3) is 0 Å². The van der Waals surface area contributed by atoms with Crippen LogP contribution in [-0.4, -0.2) is 36.2 Å². The van der Waals surface area contributed by atoms with Crippen molar-refractivity contribution in [1.29, 1.82) is 0 Å². The number of benzene rings is 1. The van der Waals surface area contributed by atoms with E-state index in [0.29, 0.717) is 11.4 Å². The third-order valence-corrected chi connectivity index (χ3v) is 3.37. The van der Waals surface area contributed by atoms with Crippen molar-refractivity contribution in [2.45, 2.75) is 31.7 Å². The SMILES string of the molecule is O=C(O)COc1ccccc1NC(=O)C1CCCCCN1. The molecule has 1 saturated heterocycles. The van der Waals surface area contributed by atoms with Gasteiger partial charge in [-0.05, 0) is 31.5 Å². The van der Waals surface area contributed by atoms with E-state index in [0.717, 1.165) is 32.2 Å². The highest BCUT2D eigenvalue weighted by molar-refractivity contribution is 5.96. The number of amides is 1. The molecule has 6 nitrogen and oxygen atoms in total. The number of ether oxygens (including phenoxy) is 1. The topological polar surface area (TPSA) is 87.7 Å². The van der Waals surface area contributed by atoms with Crippen LogP contribution in [0.5, 0.6) is 5.75 Å². The number of aliphatic carboxylic acids is 1. The number of carboxylic acid groups (broad SMARTS) is 1.